The third kappa shape index (κ3) is 5.55. The molecule has 0 spiro atoms. The molecule has 0 saturated carbocycles. The first-order chi connectivity index (χ1) is 13.1. The third-order valence-corrected chi connectivity index (χ3v) is 4.60. The molecule has 0 aliphatic rings. The molecule has 1 aromatic carbocycles. The van der Waals surface area contributed by atoms with Crippen molar-refractivity contribution in [3.63, 3.8) is 0 Å². The molecule has 2 rings (SSSR count). The molecule has 1 unspecified atom stereocenters. The Bertz CT molecular complexity index is 727. The summed E-state index contributed by atoms with van der Waals surface area (Å²) >= 11 is 0. The van der Waals surface area contributed by atoms with Crippen LogP contribution in [0.5, 0.6) is 11.8 Å². The maximum absolute atomic E-state index is 13.1. The molecule has 0 N–H and O–H groups in total. The quantitative estimate of drug-likeness (QED) is 0.519. The maximum atomic E-state index is 13.1. The summed E-state index contributed by atoms with van der Waals surface area (Å²) in [5.74, 6) is 1.11. The summed E-state index contributed by atoms with van der Waals surface area (Å²) in [6, 6.07) is 7.75. The molecule has 0 bridgehead atoms. The Kier molecular flexibility index (Phi) is 8.30. The maximum Gasteiger partial charge on any atom is 0.336 e. The number of carbonyl (C=O) groups is 1. The van der Waals surface area contributed by atoms with Gasteiger partial charge in [0.15, 0.2) is 5.82 Å². The van der Waals surface area contributed by atoms with E-state index in [1.807, 2.05) is 31.2 Å². The van der Waals surface area contributed by atoms with Crippen molar-refractivity contribution >= 4 is 5.91 Å². The molecule has 148 valence electrons. The molecule has 0 radical (unpaired) electrons. The SMILES string of the molecule is CCCCOc1nc(-c2cccc(OC)c2)n(C(=O)C(CC)CCCC)n1. The molecule has 0 saturated heterocycles. The second-order valence-electron chi connectivity index (χ2n) is 6.65. The van der Waals surface area contributed by atoms with Gasteiger partial charge in [-0.2, -0.15) is 9.67 Å². The van der Waals surface area contributed by atoms with Gasteiger partial charge in [-0.25, -0.2) is 0 Å². The first-order valence-corrected chi connectivity index (χ1v) is 9.93. The van der Waals surface area contributed by atoms with Crippen LogP contribution >= 0.6 is 0 Å². The molecule has 6 heteroatoms. The van der Waals surface area contributed by atoms with Gasteiger partial charge in [0.2, 0.25) is 0 Å². The fourth-order valence-corrected chi connectivity index (χ4v) is 2.89. The summed E-state index contributed by atoms with van der Waals surface area (Å²) in [5.41, 5.74) is 0.783. The zero-order chi connectivity index (χ0) is 19.6. The van der Waals surface area contributed by atoms with Crippen LogP contribution in [-0.4, -0.2) is 34.4 Å². The molecule has 2 aromatic rings. The summed E-state index contributed by atoms with van der Waals surface area (Å²) in [6.45, 7) is 6.81. The topological polar surface area (TPSA) is 66.2 Å². The zero-order valence-corrected chi connectivity index (χ0v) is 16.9. The lowest BCUT2D eigenvalue weighted by molar-refractivity contribution is 0.0804. The van der Waals surface area contributed by atoms with Crippen LogP contribution in [0.4, 0.5) is 0 Å². The van der Waals surface area contributed by atoms with Crippen LogP contribution in [-0.2, 0) is 0 Å². The molecular weight excluding hydrogens is 342 g/mol. The van der Waals surface area contributed by atoms with Gasteiger partial charge >= 0.3 is 6.01 Å². The monoisotopic (exact) mass is 373 g/mol. The van der Waals surface area contributed by atoms with Crippen molar-refractivity contribution in [3.8, 4) is 23.1 Å². The standard InChI is InChI=1S/C21H31N3O3/c1-5-8-11-16(7-3)20(25)24-19(17-12-10-13-18(15-17)26-4)22-21(23-24)27-14-9-6-2/h10,12-13,15-16H,5-9,11,14H2,1-4H3. The van der Waals surface area contributed by atoms with E-state index in [0.717, 1.165) is 44.1 Å². The van der Waals surface area contributed by atoms with Gasteiger partial charge in [-0.05, 0) is 31.4 Å². The molecule has 1 atom stereocenters. The molecule has 6 nitrogen and oxygen atoms in total. The molecule has 0 amide bonds. The van der Waals surface area contributed by atoms with E-state index in [1.54, 1.807) is 7.11 Å². The van der Waals surface area contributed by atoms with Gasteiger partial charge in [-0.15, -0.1) is 5.10 Å². The summed E-state index contributed by atoms with van der Waals surface area (Å²) < 4.78 is 12.4. The molecule has 0 aliphatic carbocycles. The second kappa shape index (κ2) is 10.7. The van der Waals surface area contributed by atoms with Crippen LogP contribution < -0.4 is 9.47 Å². The van der Waals surface area contributed by atoms with Crippen molar-refractivity contribution in [1.82, 2.24) is 14.8 Å². The minimum atomic E-state index is -0.0699. The highest BCUT2D eigenvalue weighted by molar-refractivity contribution is 5.84. The highest BCUT2D eigenvalue weighted by Crippen LogP contribution is 2.26. The lowest BCUT2D eigenvalue weighted by atomic mass is 9.98. The largest absolute Gasteiger partial charge is 0.497 e. The van der Waals surface area contributed by atoms with Crippen LogP contribution in [0.1, 0.15) is 64.1 Å². The Morgan fingerprint density at radius 1 is 1.19 bits per heavy atom. The zero-order valence-electron chi connectivity index (χ0n) is 16.9. The molecule has 27 heavy (non-hydrogen) atoms. The molecule has 1 heterocycles. The van der Waals surface area contributed by atoms with Gasteiger partial charge in [0.1, 0.15) is 5.75 Å². The molecule has 0 aliphatic heterocycles. The third-order valence-electron chi connectivity index (χ3n) is 4.60. The van der Waals surface area contributed by atoms with Crippen molar-refractivity contribution in [1.29, 1.82) is 0 Å². The van der Waals surface area contributed by atoms with Crippen LogP contribution in [0.2, 0.25) is 0 Å². The number of methoxy groups -OCH3 is 1. The predicted octanol–water partition coefficient (Wildman–Crippen LogP) is 4.99. The Morgan fingerprint density at radius 3 is 2.63 bits per heavy atom. The number of ether oxygens (including phenoxy) is 2. The first-order valence-electron chi connectivity index (χ1n) is 9.93. The van der Waals surface area contributed by atoms with E-state index in [1.165, 1.54) is 4.68 Å². The van der Waals surface area contributed by atoms with E-state index < -0.39 is 0 Å². The smallest absolute Gasteiger partial charge is 0.336 e. The predicted molar refractivity (Wildman–Crippen MR) is 106 cm³/mol. The average molecular weight is 373 g/mol. The summed E-state index contributed by atoms with van der Waals surface area (Å²) in [6.07, 6.45) is 5.67. The lowest BCUT2D eigenvalue weighted by Gasteiger charge is -2.14. The van der Waals surface area contributed by atoms with Crippen molar-refractivity contribution in [2.45, 2.75) is 59.3 Å². The van der Waals surface area contributed by atoms with Crippen molar-refractivity contribution in [2.24, 2.45) is 5.92 Å². The summed E-state index contributed by atoms with van der Waals surface area (Å²) in [7, 11) is 1.62. The van der Waals surface area contributed by atoms with E-state index in [2.05, 4.69) is 23.9 Å². The normalized spacial score (nSPS) is 12.0. The number of unbranched alkanes of at least 4 members (excludes halogenated alkanes) is 2. The Labute approximate surface area is 161 Å². The summed E-state index contributed by atoms with van der Waals surface area (Å²) in [5, 5.41) is 4.38. The second-order valence-corrected chi connectivity index (χ2v) is 6.65. The van der Waals surface area contributed by atoms with Crippen LogP contribution in [0.15, 0.2) is 24.3 Å². The first kappa shape index (κ1) is 20.9. The highest BCUT2D eigenvalue weighted by Gasteiger charge is 2.24. The fraction of sp³-hybridized carbons (Fsp3) is 0.571. The number of rotatable bonds is 11. The molecule has 0 fully saturated rings. The summed E-state index contributed by atoms with van der Waals surface area (Å²) in [4.78, 5) is 17.6. The number of hydrogen-bond donors (Lipinski definition) is 0. The lowest BCUT2D eigenvalue weighted by Crippen LogP contribution is -2.23. The van der Waals surface area contributed by atoms with E-state index in [-0.39, 0.29) is 17.8 Å². The van der Waals surface area contributed by atoms with Crippen LogP contribution in [0, 0.1) is 5.92 Å². The fourth-order valence-electron chi connectivity index (χ4n) is 2.89. The van der Waals surface area contributed by atoms with E-state index >= 15 is 0 Å². The van der Waals surface area contributed by atoms with Gasteiger partial charge in [0.05, 0.1) is 13.7 Å². The number of benzene rings is 1. The van der Waals surface area contributed by atoms with Crippen LogP contribution in [0.25, 0.3) is 11.4 Å². The Hall–Kier alpha value is -2.37. The number of hydrogen-bond acceptors (Lipinski definition) is 5. The van der Waals surface area contributed by atoms with Gasteiger partial charge in [-0.3, -0.25) is 4.79 Å². The Balaban J connectivity index is 2.38. The van der Waals surface area contributed by atoms with Gasteiger partial charge < -0.3 is 9.47 Å². The minimum absolute atomic E-state index is 0.0263. The van der Waals surface area contributed by atoms with Gasteiger partial charge in [0, 0.05) is 11.5 Å². The average Bonchev–Trinajstić information content (AvgIpc) is 3.13. The van der Waals surface area contributed by atoms with Crippen molar-refractivity contribution in [3.05, 3.63) is 24.3 Å². The van der Waals surface area contributed by atoms with E-state index in [4.69, 9.17) is 9.47 Å². The number of aromatic nitrogens is 3. The van der Waals surface area contributed by atoms with E-state index in [9.17, 15) is 4.79 Å². The molecular formula is C21H31N3O3. The number of nitrogens with zero attached hydrogens (tertiary/aromatic N) is 3. The molecule has 1 aromatic heterocycles. The Morgan fingerprint density at radius 2 is 1.96 bits per heavy atom. The number of carbonyl (C=O) groups excluding carboxylic acids is 1. The van der Waals surface area contributed by atoms with Crippen molar-refractivity contribution < 1.29 is 14.3 Å². The van der Waals surface area contributed by atoms with Gasteiger partial charge in [-0.1, -0.05) is 52.2 Å². The van der Waals surface area contributed by atoms with E-state index in [0.29, 0.717) is 18.2 Å². The minimum Gasteiger partial charge on any atom is -0.497 e. The van der Waals surface area contributed by atoms with Crippen LogP contribution in [0.3, 0.4) is 0 Å². The highest BCUT2D eigenvalue weighted by atomic mass is 16.5. The van der Waals surface area contributed by atoms with Gasteiger partial charge in [0.25, 0.3) is 5.91 Å². The van der Waals surface area contributed by atoms with Crippen molar-refractivity contribution in [2.75, 3.05) is 13.7 Å².